The van der Waals surface area contributed by atoms with Crippen LogP contribution in [0.25, 0.3) is 6.08 Å². The van der Waals surface area contributed by atoms with Crippen LogP contribution in [0.5, 0.6) is 5.75 Å². The van der Waals surface area contributed by atoms with Gasteiger partial charge in [-0.05, 0) is 30.7 Å². The highest BCUT2D eigenvalue weighted by molar-refractivity contribution is 7.92. The van der Waals surface area contributed by atoms with Crippen molar-refractivity contribution in [2.75, 3.05) is 26.7 Å². The molecule has 2 aromatic carbocycles. The summed E-state index contributed by atoms with van der Waals surface area (Å²) in [6.45, 7) is 2.33. The van der Waals surface area contributed by atoms with Gasteiger partial charge in [0.1, 0.15) is 12.4 Å². The first kappa shape index (κ1) is 20.7. The molecule has 0 radical (unpaired) electrons. The summed E-state index contributed by atoms with van der Waals surface area (Å²) in [7, 11) is -2.30. The highest BCUT2D eigenvalue weighted by atomic mass is 32.2. The highest BCUT2D eigenvalue weighted by Crippen LogP contribution is 2.10. The van der Waals surface area contributed by atoms with E-state index in [0.29, 0.717) is 13.2 Å². The van der Waals surface area contributed by atoms with Gasteiger partial charge in [0.15, 0.2) is 0 Å². The molecule has 7 heteroatoms. The normalized spacial score (nSPS) is 11.7. The number of amides is 1. The van der Waals surface area contributed by atoms with E-state index in [0.717, 1.165) is 26.6 Å². The van der Waals surface area contributed by atoms with Crippen LogP contribution in [0.2, 0.25) is 0 Å². The van der Waals surface area contributed by atoms with Crippen molar-refractivity contribution >= 4 is 22.0 Å². The number of ether oxygens (including phenoxy) is 1. The molecule has 2 rings (SSSR count). The number of hydrogen-bond acceptors (Lipinski definition) is 4. The Morgan fingerprint density at radius 2 is 1.78 bits per heavy atom. The minimum atomic E-state index is -3.67. The molecule has 0 bridgehead atoms. The number of rotatable bonds is 9. The second-order valence-corrected chi connectivity index (χ2v) is 7.95. The molecule has 0 spiro atoms. The molecule has 0 aromatic heterocycles. The van der Waals surface area contributed by atoms with Crippen molar-refractivity contribution < 1.29 is 17.9 Å². The van der Waals surface area contributed by atoms with Crippen molar-refractivity contribution in [3.8, 4) is 5.75 Å². The first-order valence-electron chi connectivity index (χ1n) is 8.52. The van der Waals surface area contributed by atoms with Crippen LogP contribution in [-0.2, 0) is 14.8 Å². The maximum absolute atomic E-state index is 12.2. The molecule has 0 aliphatic rings. The van der Waals surface area contributed by atoms with Crippen LogP contribution in [0.15, 0.2) is 60.0 Å². The van der Waals surface area contributed by atoms with E-state index in [9.17, 15) is 13.2 Å². The first-order chi connectivity index (χ1) is 12.9. The second kappa shape index (κ2) is 9.89. The van der Waals surface area contributed by atoms with E-state index >= 15 is 0 Å². The SMILES string of the molecule is Cc1ccc(OCCNC(=O)CN(C)S(=O)(=O)/C=C/c2ccccc2)cc1. The van der Waals surface area contributed by atoms with Crippen molar-refractivity contribution in [2.45, 2.75) is 6.92 Å². The number of carbonyl (C=O) groups excluding carboxylic acids is 1. The van der Waals surface area contributed by atoms with Gasteiger partial charge in [0.05, 0.1) is 13.1 Å². The molecule has 6 nitrogen and oxygen atoms in total. The number of sulfonamides is 1. The zero-order valence-electron chi connectivity index (χ0n) is 15.5. The zero-order valence-corrected chi connectivity index (χ0v) is 16.3. The molecule has 1 N–H and O–H groups in total. The van der Waals surface area contributed by atoms with Crippen LogP contribution >= 0.6 is 0 Å². The number of benzene rings is 2. The largest absolute Gasteiger partial charge is 0.492 e. The fraction of sp³-hybridized carbons (Fsp3) is 0.250. The summed E-state index contributed by atoms with van der Waals surface area (Å²) in [6, 6.07) is 16.7. The van der Waals surface area contributed by atoms with Gasteiger partial charge >= 0.3 is 0 Å². The minimum absolute atomic E-state index is 0.258. The molecule has 0 atom stereocenters. The van der Waals surface area contributed by atoms with E-state index in [1.165, 1.54) is 13.1 Å². The Bertz CT molecular complexity index is 863. The van der Waals surface area contributed by atoms with Gasteiger partial charge in [-0.3, -0.25) is 4.79 Å². The molecule has 0 saturated carbocycles. The lowest BCUT2D eigenvalue weighted by atomic mass is 10.2. The molecule has 0 fully saturated rings. The Morgan fingerprint density at radius 3 is 2.44 bits per heavy atom. The third kappa shape index (κ3) is 7.24. The molecule has 0 heterocycles. The average molecular weight is 388 g/mol. The summed E-state index contributed by atoms with van der Waals surface area (Å²) in [5.74, 6) is 0.335. The Hall–Kier alpha value is -2.64. The summed E-state index contributed by atoms with van der Waals surface area (Å²) in [5.41, 5.74) is 1.91. The van der Waals surface area contributed by atoms with E-state index in [1.54, 1.807) is 12.1 Å². The minimum Gasteiger partial charge on any atom is -0.492 e. The fourth-order valence-corrected chi connectivity index (χ4v) is 3.01. The summed E-state index contributed by atoms with van der Waals surface area (Å²) in [4.78, 5) is 11.9. The number of nitrogens with one attached hydrogen (secondary N) is 1. The average Bonchev–Trinajstić information content (AvgIpc) is 2.66. The number of nitrogens with zero attached hydrogens (tertiary/aromatic N) is 1. The van der Waals surface area contributed by atoms with Crippen LogP contribution in [0, 0.1) is 6.92 Å². The van der Waals surface area contributed by atoms with Gasteiger partial charge in [-0.2, -0.15) is 4.31 Å². The maximum Gasteiger partial charge on any atom is 0.236 e. The molecule has 0 aliphatic heterocycles. The van der Waals surface area contributed by atoms with Gasteiger partial charge in [-0.25, -0.2) is 8.42 Å². The summed E-state index contributed by atoms with van der Waals surface area (Å²) in [6.07, 6.45) is 1.50. The topological polar surface area (TPSA) is 75.7 Å². The van der Waals surface area contributed by atoms with Gasteiger partial charge in [0.25, 0.3) is 0 Å². The van der Waals surface area contributed by atoms with Crippen LogP contribution in [0.4, 0.5) is 0 Å². The number of carbonyl (C=O) groups is 1. The van der Waals surface area contributed by atoms with E-state index in [-0.39, 0.29) is 12.5 Å². The van der Waals surface area contributed by atoms with Gasteiger partial charge < -0.3 is 10.1 Å². The van der Waals surface area contributed by atoms with Gasteiger partial charge in [-0.15, -0.1) is 0 Å². The molecule has 0 saturated heterocycles. The lowest BCUT2D eigenvalue weighted by Crippen LogP contribution is -2.39. The van der Waals surface area contributed by atoms with Gasteiger partial charge in [0, 0.05) is 12.5 Å². The van der Waals surface area contributed by atoms with Crippen molar-refractivity contribution in [1.82, 2.24) is 9.62 Å². The van der Waals surface area contributed by atoms with Crippen molar-refractivity contribution in [3.05, 3.63) is 71.1 Å². The molecule has 0 unspecified atom stereocenters. The highest BCUT2D eigenvalue weighted by Gasteiger charge is 2.17. The molecule has 0 aliphatic carbocycles. The zero-order chi connectivity index (χ0) is 19.7. The van der Waals surface area contributed by atoms with Crippen LogP contribution in [-0.4, -0.2) is 45.4 Å². The summed E-state index contributed by atoms with van der Waals surface area (Å²) in [5, 5.41) is 3.74. The molecule has 1 amide bonds. The molecular weight excluding hydrogens is 364 g/mol. The fourth-order valence-electron chi connectivity index (χ4n) is 2.17. The van der Waals surface area contributed by atoms with Crippen LogP contribution < -0.4 is 10.1 Å². The predicted molar refractivity (Wildman–Crippen MR) is 107 cm³/mol. The van der Waals surface area contributed by atoms with E-state index in [4.69, 9.17) is 4.74 Å². The lowest BCUT2D eigenvalue weighted by Gasteiger charge is -2.14. The predicted octanol–water partition coefficient (Wildman–Crippen LogP) is 2.42. The number of hydrogen-bond donors (Lipinski definition) is 1. The molecule has 2 aromatic rings. The Morgan fingerprint density at radius 1 is 1.11 bits per heavy atom. The number of likely N-dealkylation sites (N-methyl/N-ethyl adjacent to an activating group) is 1. The molecule has 144 valence electrons. The standard InChI is InChI=1S/C20H24N2O4S/c1-17-8-10-19(11-9-17)26-14-13-21-20(23)16-22(2)27(24,25)15-12-18-6-4-3-5-7-18/h3-12,15H,13-14,16H2,1-2H3,(H,21,23)/b15-12+. The summed E-state index contributed by atoms with van der Waals surface area (Å²) >= 11 is 0. The second-order valence-electron chi connectivity index (χ2n) is 6.03. The van der Waals surface area contributed by atoms with Gasteiger partial charge in [-0.1, -0.05) is 48.0 Å². The van der Waals surface area contributed by atoms with Crippen molar-refractivity contribution in [1.29, 1.82) is 0 Å². The first-order valence-corrected chi connectivity index (χ1v) is 10.0. The molecule has 27 heavy (non-hydrogen) atoms. The van der Waals surface area contributed by atoms with E-state index in [2.05, 4.69) is 5.32 Å². The quantitative estimate of drug-likeness (QED) is 0.670. The van der Waals surface area contributed by atoms with Gasteiger partial charge in [0.2, 0.25) is 15.9 Å². The van der Waals surface area contributed by atoms with E-state index in [1.807, 2.05) is 49.4 Å². The molecular formula is C20H24N2O4S. The maximum atomic E-state index is 12.2. The van der Waals surface area contributed by atoms with Crippen LogP contribution in [0.3, 0.4) is 0 Å². The monoisotopic (exact) mass is 388 g/mol. The van der Waals surface area contributed by atoms with Crippen molar-refractivity contribution in [2.24, 2.45) is 0 Å². The smallest absolute Gasteiger partial charge is 0.236 e. The van der Waals surface area contributed by atoms with Crippen molar-refractivity contribution in [3.63, 3.8) is 0 Å². The lowest BCUT2D eigenvalue weighted by molar-refractivity contribution is -0.121. The Labute approximate surface area is 160 Å². The van der Waals surface area contributed by atoms with E-state index < -0.39 is 10.0 Å². The Kier molecular flexibility index (Phi) is 7.57. The third-order valence-electron chi connectivity index (χ3n) is 3.75. The van der Waals surface area contributed by atoms with Crippen LogP contribution in [0.1, 0.15) is 11.1 Å². The Balaban J connectivity index is 1.75. The third-order valence-corrected chi connectivity index (χ3v) is 5.22. The summed E-state index contributed by atoms with van der Waals surface area (Å²) < 4.78 is 30.9. The number of aryl methyl sites for hydroxylation is 1.